The Balaban J connectivity index is 4.74. The van der Waals surface area contributed by atoms with Crippen molar-refractivity contribution in [3.63, 3.8) is 0 Å². The van der Waals surface area contributed by atoms with Gasteiger partial charge in [-0.15, -0.1) is 4.67 Å². The lowest BCUT2D eigenvalue weighted by Gasteiger charge is -2.20. The molecule has 0 amide bonds. The lowest BCUT2D eigenvalue weighted by atomic mass is 10.0. The van der Waals surface area contributed by atoms with Crippen molar-refractivity contribution in [3.8, 4) is 0 Å². The highest BCUT2D eigenvalue weighted by atomic mass is 35.5. The van der Waals surface area contributed by atoms with Gasteiger partial charge in [-0.3, -0.25) is 4.79 Å². The average Bonchev–Trinajstić information content (AvgIpc) is 2.49. The maximum atomic E-state index is 12.0. The van der Waals surface area contributed by atoms with Crippen LogP contribution >= 0.6 is 11.6 Å². The van der Waals surface area contributed by atoms with E-state index < -0.39 is 5.60 Å². The van der Waals surface area contributed by atoms with E-state index in [0.29, 0.717) is 11.5 Å². The lowest BCUT2D eigenvalue weighted by molar-refractivity contribution is -0.153. The van der Waals surface area contributed by atoms with E-state index in [0.717, 1.165) is 36.8 Å². The van der Waals surface area contributed by atoms with Crippen LogP contribution in [0, 0.1) is 0 Å². The van der Waals surface area contributed by atoms with E-state index in [1.165, 1.54) is 0 Å². The van der Waals surface area contributed by atoms with Crippen LogP contribution in [-0.2, 0) is 9.53 Å². The average molecular weight is 379 g/mol. The van der Waals surface area contributed by atoms with Crippen molar-refractivity contribution in [3.05, 3.63) is 47.1 Å². The van der Waals surface area contributed by atoms with Crippen molar-refractivity contribution in [2.24, 2.45) is 0 Å². The molecule has 0 aromatic heterocycles. The number of esters is 1. The molecule has 0 bridgehead atoms. The fourth-order valence-corrected chi connectivity index (χ4v) is 2.35. The third-order valence-electron chi connectivity index (χ3n) is 3.14. The molecule has 26 heavy (non-hydrogen) atoms. The number of hydrogen-bond donors (Lipinski definition) is 0. The summed E-state index contributed by atoms with van der Waals surface area (Å²) in [6.45, 7) is 13.3. The molecule has 144 valence electrons. The molecule has 0 aliphatic rings. The van der Waals surface area contributed by atoms with E-state index in [1.54, 1.807) is 18.5 Å². The van der Waals surface area contributed by atoms with Crippen LogP contribution in [0.2, 0.25) is 0 Å². The number of nitrogens with zero attached hydrogens (tertiary/aromatic N) is 1. The van der Waals surface area contributed by atoms with E-state index in [9.17, 15) is 4.79 Å². The molecule has 0 aliphatic carbocycles. The zero-order valence-corrected chi connectivity index (χ0v) is 17.6. The second-order valence-corrected chi connectivity index (χ2v) is 7.47. The summed E-state index contributed by atoms with van der Waals surface area (Å²) in [7, 11) is 0. The van der Waals surface area contributed by atoms with Gasteiger partial charge >= 0.3 is 5.97 Å². The molecule has 0 aromatic rings. The SMILES string of the molecule is C=C(Cl)/C=C(C=[N+]=CC)/C=C/CC/C=C(\CCC)CC(=O)OC(C)(C)C. The van der Waals surface area contributed by atoms with Gasteiger partial charge in [0.05, 0.1) is 12.0 Å². The third kappa shape index (κ3) is 14.5. The van der Waals surface area contributed by atoms with Gasteiger partial charge in [0.2, 0.25) is 0 Å². The Labute approximate surface area is 163 Å². The number of unbranched alkanes of at least 4 members (excludes halogenated alkanes) is 1. The zero-order valence-electron chi connectivity index (χ0n) is 16.8. The van der Waals surface area contributed by atoms with Gasteiger partial charge in [-0.25, -0.2) is 0 Å². The van der Waals surface area contributed by atoms with Crippen LogP contribution in [-0.4, -0.2) is 24.0 Å². The monoisotopic (exact) mass is 378 g/mol. The molecular formula is C22H33ClNO2+. The van der Waals surface area contributed by atoms with E-state index in [4.69, 9.17) is 16.3 Å². The summed E-state index contributed by atoms with van der Waals surface area (Å²) in [5, 5.41) is 0.467. The van der Waals surface area contributed by atoms with Gasteiger partial charge in [0.25, 0.3) is 12.4 Å². The molecule has 0 radical (unpaired) electrons. The standard InChI is InChI=1S/C22H33ClNO2/c1-7-12-19(16-21(25)26-22(4,5)6)13-10-9-11-14-20(15-18(3)23)17-24-8-2/h8,11,13-15,17H,3,7,9-10,12,16H2,1-2,4-6H3/q+1/b14-11+,19-13+,20-15-. The highest BCUT2D eigenvalue weighted by molar-refractivity contribution is 6.31. The first-order valence-corrected chi connectivity index (χ1v) is 9.49. The molecule has 0 fully saturated rings. The van der Waals surface area contributed by atoms with Crippen molar-refractivity contribution in [2.45, 2.75) is 72.3 Å². The van der Waals surface area contributed by atoms with Gasteiger partial charge < -0.3 is 4.74 Å². The second-order valence-electron chi connectivity index (χ2n) is 6.98. The van der Waals surface area contributed by atoms with Crippen molar-refractivity contribution < 1.29 is 9.53 Å². The van der Waals surface area contributed by atoms with Crippen molar-refractivity contribution >= 4 is 30.0 Å². The van der Waals surface area contributed by atoms with Gasteiger partial charge in [-0.1, -0.05) is 55.3 Å². The van der Waals surface area contributed by atoms with E-state index >= 15 is 0 Å². The van der Waals surface area contributed by atoms with Gasteiger partial charge in [-0.2, -0.15) is 0 Å². The minimum atomic E-state index is -0.441. The van der Waals surface area contributed by atoms with Crippen LogP contribution in [0.1, 0.15) is 66.7 Å². The van der Waals surface area contributed by atoms with E-state index in [1.807, 2.05) is 33.8 Å². The molecule has 0 atom stereocenters. The first-order valence-electron chi connectivity index (χ1n) is 9.11. The Morgan fingerprint density at radius 2 is 1.96 bits per heavy atom. The first kappa shape index (κ1) is 24.2. The van der Waals surface area contributed by atoms with Crippen LogP contribution in [0.15, 0.2) is 47.1 Å². The lowest BCUT2D eigenvalue weighted by Crippen LogP contribution is -2.24. The molecule has 0 saturated carbocycles. The zero-order chi connectivity index (χ0) is 20.0. The van der Waals surface area contributed by atoms with Crippen molar-refractivity contribution in [2.75, 3.05) is 0 Å². The fourth-order valence-electron chi connectivity index (χ4n) is 2.22. The smallest absolute Gasteiger partial charge is 0.310 e. The predicted octanol–water partition coefficient (Wildman–Crippen LogP) is 5.69. The summed E-state index contributed by atoms with van der Waals surface area (Å²) in [5.74, 6) is -0.161. The first-order chi connectivity index (χ1) is 12.2. The number of ether oxygens (including phenoxy) is 1. The Bertz CT molecular complexity index is 613. The van der Waals surface area contributed by atoms with Gasteiger partial charge in [0, 0.05) is 12.0 Å². The van der Waals surface area contributed by atoms with Gasteiger partial charge in [0.15, 0.2) is 0 Å². The molecule has 0 aromatic carbocycles. The summed E-state index contributed by atoms with van der Waals surface area (Å²) >= 11 is 5.83. The molecule has 0 spiro atoms. The normalized spacial score (nSPS) is 12.7. The minimum absolute atomic E-state index is 0.161. The predicted molar refractivity (Wildman–Crippen MR) is 115 cm³/mol. The molecule has 4 heteroatoms. The Hall–Kier alpha value is -1.83. The van der Waals surface area contributed by atoms with Crippen LogP contribution in [0.4, 0.5) is 0 Å². The van der Waals surface area contributed by atoms with Crippen LogP contribution < -0.4 is 4.67 Å². The molecule has 0 heterocycles. The van der Waals surface area contributed by atoms with Gasteiger partial charge in [0.1, 0.15) is 5.60 Å². The van der Waals surface area contributed by atoms with Crippen molar-refractivity contribution in [1.82, 2.24) is 4.67 Å². The third-order valence-corrected chi connectivity index (χ3v) is 3.24. The molecular weight excluding hydrogens is 346 g/mol. The van der Waals surface area contributed by atoms with E-state index in [-0.39, 0.29) is 5.97 Å². The fraction of sp³-hybridized carbons (Fsp3) is 0.500. The topological polar surface area (TPSA) is 40.4 Å². The molecule has 0 aliphatic heterocycles. The summed E-state index contributed by atoms with van der Waals surface area (Å²) in [6.07, 6.45) is 15.5. The molecule has 0 N–H and O–H groups in total. The largest absolute Gasteiger partial charge is 0.460 e. The number of carbonyl (C=O) groups excluding carboxylic acids is 1. The second kappa shape index (κ2) is 13.4. The number of carbonyl (C=O) groups is 1. The van der Waals surface area contributed by atoms with Crippen LogP contribution in [0.5, 0.6) is 0 Å². The maximum absolute atomic E-state index is 12.0. The van der Waals surface area contributed by atoms with Crippen LogP contribution in [0.3, 0.4) is 0 Å². The highest BCUT2D eigenvalue weighted by Gasteiger charge is 2.16. The number of hydrogen-bond acceptors (Lipinski definition) is 2. The van der Waals surface area contributed by atoms with Crippen molar-refractivity contribution in [1.29, 1.82) is 0 Å². The number of rotatable bonds is 10. The molecule has 0 saturated heterocycles. The summed E-state index contributed by atoms with van der Waals surface area (Å²) in [5.41, 5.74) is 1.60. The number of halogens is 1. The number of allylic oxidation sites excluding steroid dienone is 6. The van der Waals surface area contributed by atoms with Gasteiger partial charge in [-0.05, 0) is 46.1 Å². The molecule has 0 unspecified atom stereocenters. The summed E-state index contributed by atoms with van der Waals surface area (Å²) in [6, 6.07) is 0. The molecule has 3 nitrogen and oxygen atoms in total. The van der Waals surface area contributed by atoms with E-state index in [2.05, 4.69) is 30.3 Å². The Morgan fingerprint density at radius 1 is 1.27 bits per heavy atom. The van der Waals surface area contributed by atoms with Crippen LogP contribution in [0.25, 0.3) is 0 Å². The maximum Gasteiger partial charge on any atom is 0.310 e. The highest BCUT2D eigenvalue weighted by Crippen LogP contribution is 2.16. The Kier molecular flexibility index (Phi) is 12.4. The quantitative estimate of drug-likeness (QED) is 0.122. The summed E-state index contributed by atoms with van der Waals surface area (Å²) in [4.78, 5) is 12.0. The summed E-state index contributed by atoms with van der Waals surface area (Å²) < 4.78 is 9.51. The molecule has 0 rings (SSSR count). The minimum Gasteiger partial charge on any atom is -0.460 e. The Morgan fingerprint density at radius 3 is 2.50 bits per heavy atom.